The second kappa shape index (κ2) is 9.65. The first-order valence-corrected chi connectivity index (χ1v) is 11.4. The van der Waals surface area contributed by atoms with E-state index in [0.29, 0.717) is 24.5 Å². The van der Waals surface area contributed by atoms with Gasteiger partial charge in [-0.2, -0.15) is 0 Å². The molecule has 1 unspecified atom stereocenters. The first-order valence-electron chi connectivity index (χ1n) is 11.4. The molecule has 0 spiro atoms. The Labute approximate surface area is 189 Å². The van der Waals surface area contributed by atoms with E-state index >= 15 is 0 Å². The van der Waals surface area contributed by atoms with E-state index in [1.807, 2.05) is 42.2 Å². The average molecular weight is 437 g/mol. The van der Waals surface area contributed by atoms with E-state index < -0.39 is 5.91 Å². The quantitative estimate of drug-likeness (QED) is 0.714. The third kappa shape index (κ3) is 4.91. The number of carbonyl (C=O) groups excluding carboxylic acids is 2. The molecule has 32 heavy (non-hydrogen) atoms. The van der Waals surface area contributed by atoms with Crippen LogP contribution in [0.3, 0.4) is 0 Å². The Bertz CT molecular complexity index is 969. The molecule has 2 aromatic rings. The molecule has 170 valence electrons. The first kappa shape index (κ1) is 22.2. The lowest BCUT2D eigenvalue weighted by Crippen LogP contribution is -2.32. The predicted octanol–water partition coefficient (Wildman–Crippen LogP) is 2.11. The topological polar surface area (TPSA) is 95.7 Å². The monoisotopic (exact) mass is 436 g/mol. The van der Waals surface area contributed by atoms with Crippen LogP contribution in [-0.4, -0.2) is 78.4 Å². The molecule has 2 fully saturated rings. The number of amides is 2. The summed E-state index contributed by atoms with van der Waals surface area (Å²) in [5.74, 6) is 0.582. The van der Waals surface area contributed by atoms with Crippen LogP contribution in [0.15, 0.2) is 30.5 Å². The Morgan fingerprint density at radius 2 is 1.84 bits per heavy atom. The van der Waals surface area contributed by atoms with Gasteiger partial charge in [0.25, 0.3) is 0 Å². The van der Waals surface area contributed by atoms with Gasteiger partial charge < -0.3 is 20.4 Å². The fourth-order valence-corrected chi connectivity index (χ4v) is 4.58. The Morgan fingerprint density at radius 1 is 1.12 bits per heavy atom. The summed E-state index contributed by atoms with van der Waals surface area (Å²) in [5, 5.41) is 0. The second-order valence-electron chi connectivity index (χ2n) is 8.93. The standard InChI is InChI=1S/C24H32N6O2/c1-28(2)24-26-15-20(17-5-7-18(8-6-17)23(25)32)22(27-24)19-9-14-30(16-19)21(31)10-13-29-11-3-4-12-29/h5-8,15,19H,3-4,9-14,16H2,1-2H3,(H2,25,32). The van der Waals surface area contributed by atoms with Crippen LogP contribution in [-0.2, 0) is 4.79 Å². The van der Waals surface area contributed by atoms with Crippen molar-refractivity contribution in [3.63, 3.8) is 0 Å². The number of benzene rings is 1. The molecule has 0 aliphatic carbocycles. The highest BCUT2D eigenvalue weighted by molar-refractivity contribution is 5.93. The van der Waals surface area contributed by atoms with Gasteiger partial charge in [0, 0.05) is 63.4 Å². The zero-order chi connectivity index (χ0) is 22.7. The van der Waals surface area contributed by atoms with Gasteiger partial charge in [-0.05, 0) is 50.0 Å². The van der Waals surface area contributed by atoms with E-state index in [1.165, 1.54) is 12.8 Å². The Morgan fingerprint density at radius 3 is 2.50 bits per heavy atom. The summed E-state index contributed by atoms with van der Waals surface area (Å²) in [5.41, 5.74) is 8.67. The summed E-state index contributed by atoms with van der Waals surface area (Å²) in [4.78, 5) is 39.9. The maximum Gasteiger partial charge on any atom is 0.248 e. The van der Waals surface area contributed by atoms with Gasteiger partial charge in [0.05, 0.1) is 5.69 Å². The number of hydrogen-bond acceptors (Lipinski definition) is 6. The minimum Gasteiger partial charge on any atom is -0.366 e. The Balaban J connectivity index is 1.53. The van der Waals surface area contributed by atoms with Crippen molar-refractivity contribution in [2.24, 2.45) is 5.73 Å². The molecule has 3 heterocycles. The van der Waals surface area contributed by atoms with Gasteiger partial charge in [0.15, 0.2) is 0 Å². The first-order chi connectivity index (χ1) is 15.4. The van der Waals surface area contributed by atoms with Crippen LogP contribution in [0.5, 0.6) is 0 Å². The van der Waals surface area contributed by atoms with Crippen molar-refractivity contribution in [3.05, 3.63) is 41.7 Å². The zero-order valence-corrected chi connectivity index (χ0v) is 19.0. The summed E-state index contributed by atoms with van der Waals surface area (Å²) in [6.45, 7) is 4.51. The SMILES string of the molecule is CN(C)c1ncc(-c2ccc(C(N)=O)cc2)c(C2CCN(C(=O)CCN3CCCC3)C2)n1. The van der Waals surface area contributed by atoms with Crippen LogP contribution in [0, 0.1) is 0 Å². The van der Waals surface area contributed by atoms with Gasteiger partial charge in [0.2, 0.25) is 17.8 Å². The highest BCUT2D eigenvalue weighted by Crippen LogP contribution is 2.34. The lowest BCUT2D eigenvalue weighted by atomic mass is 9.95. The van der Waals surface area contributed by atoms with Gasteiger partial charge in [-0.15, -0.1) is 0 Å². The van der Waals surface area contributed by atoms with Crippen LogP contribution in [0.1, 0.15) is 47.7 Å². The summed E-state index contributed by atoms with van der Waals surface area (Å²) in [6.07, 6.45) is 5.79. The number of anilines is 1. The van der Waals surface area contributed by atoms with E-state index in [4.69, 9.17) is 10.7 Å². The highest BCUT2D eigenvalue weighted by Gasteiger charge is 2.31. The maximum atomic E-state index is 12.8. The fourth-order valence-electron chi connectivity index (χ4n) is 4.58. The van der Waals surface area contributed by atoms with Crippen LogP contribution in [0.2, 0.25) is 0 Å². The molecule has 1 aromatic carbocycles. The van der Waals surface area contributed by atoms with Crippen LogP contribution in [0.25, 0.3) is 11.1 Å². The zero-order valence-electron chi connectivity index (χ0n) is 19.0. The molecule has 1 aromatic heterocycles. The normalized spacial score (nSPS) is 18.8. The number of nitrogens with zero attached hydrogens (tertiary/aromatic N) is 5. The maximum absolute atomic E-state index is 12.8. The predicted molar refractivity (Wildman–Crippen MR) is 125 cm³/mol. The number of hydrogen-bond donors (Lipinski definition) is 1. The largest absolute Gasteiger partial charge is 0.366 e. The highest BCUT2D eigenvalue weighted by atomic mass is 16.2. The Hall–Kier alpha value is -3.00. The minimum atomic E-state index is -0.449. The summed E-state index contributed by atoms with van der Waals surface area (Å²) < 4.78 is 0. The molecule has 2 amide bonds. The van der Waals surface area contributed by atoms with Crippen molar-refractivity contribution < 1.29 is 9.59 Å². The van der Waals surface area contributed by atoms with E-state index in [9.17, 15) is 9.59 Å². The van der Waals surface area contributed by atoms with Gasteiger partial charge in [-0.1, -0.05) is 12.1 Å². The van der Waals surface area contributed by atoms with E-state index in [2.05, 4.69) is 9.88 Å². The molecule has 8 nitrogen and oxygen atoms in total. The van der Waals surface area contributed by atoms with Crippen molar-refractivity contribution in [3.8, 4) is 11.1 Å². The average Bonchev–Trinajstić information content (AvgIpc) is 3.49. The smallest absolute Gasteiger partial charge is 0.248 e. The molecule has 2 saturated heterocycles. The third-order valence-electron chi connectivity index (χ3n) is 6.45. The van der Waals surface area contributed by atoms with Crippen LogP contribution in [0.4, 0.5) is 5.95 Å². The number of primary amides is 1. The summed E-state index contributed by atoms with van der Waals surface area (Å²) >= 11 is 0. The molecule has 0 radical (unpaired) electrons. The number of nitrogens with two attached hydrogens (primary N) is 1. The van der Waals surface area contributed by atoms with Gasteiger partial charge in [0.1, 0.15) is 0 Å². The third-order valence-corrected chi connectivity index (χ3v) is 6.45. The summed E-state index contributed by atoms with van der Waals surface area (Å²) in [7, 11) is 3.84. The molecule has 2 N–H and O–H groups in total. The molecular formula is C24H32N6O2. The van der Waals surface area contributed by atoms with Gasteiger partial charge in [-0.3, -0.25) is 9.59 Å². The molecule has 0 saturated carbocycles. The molecule has 8 heteroatoms. The number of rotatable bonds is 7. The minimum absolute atomic E-state index is 0.151. The van der Waals surface area contributed by atoms with Gasteiger partial charge in [-0.25, -0.2) is 9.97 Å². The molecule has 1 atom stereocenters. The molecular weight excluding hydrogens is 404 g/mol. The second-order valence-corrected chi connectivity index (χ2v) is 8.93. The molecule has 4 rings (SSSR count). The van der Waals surface area contributed by atoms with Crippen LogP contribution < -0.4 is 10.6 Å². The van der Waals surface area contributed by atoms with E-state index in [-0.39, 0.29) is 11.8 Å². The lowest BCUT2D eigenvalue weighted by molar-refractivity contribution is -0.130. The fraction of sp³-hybridized carbons (Fsp3) is 0.500. The van der Waals surface area contributed by atoms with E-state index in [0.717, 1.165) is 49.4 Å². The summed E-state index contributed by atoms with van der Waals surface area (Å²) in [6, 6.07) is 7.21. The van der Waals surface area contributed by atoms with Gasteiger partial charge >= 0.3 is 0 Å². The molecule has 2 aliphatic rings. The number of aromatic nitrogens is 2. The lowest BCUT2D eigenvalue weighted by Gasteiger charge is -2.21. The van der Waals surface area contributed by atoms with Crippen molar-refractivity contribution in [2.75, 3.05) is 51.7 Å². The number of carbonyl (C=O) groups is 2. The van der Waals surface area contributed by atoms with Crippen molar-refractivity contribution in [1.82, 2.24) is 19.8 Å². The molecule has 2 aliphatic heterocycles. The number of likely N-dealkylation sites (tertiary alicyclic amines) is 2. The Kier molecular flexibility index (Phi) is 6.69. The molecule has 0 bridgehead atoms. The van der Waals surface area contributed by atoms with Crippen molar-refractivity contribution in [1.29, 1.82) is 0 Å². The van der Waals surface area contributed by atoms with Crippen molar-refractivity contribution >= 4 is 17.8 Å². The van der Waals surface area contributed by atoms with E-state index in [1.54, 1.807) is 12.1 Å². The van der Waals surface area contributed by atoms with Crippen LogP contribution >= 0.6 is 0 Å². The van der Waals surface area contributed by atoms with Crippen molar-refractivity contribution in [2.45, 2.75) is 31.6 Å².